The second-order valence-electron chi connectivity index (χ2n) is 5.54. The van der Waals surface area contributed by atoms with Gasteiger partial charge in [0, 0.05) is 26.7 Å². The summed E-state index contributed by atoms with van der Waals surface area (Å²) >= 11 is 0. The van der Waals surface area contributed by atoms with Crippen molar-refractivity contribution in [3.05, 3.63) is 24.3 Å². The first-order valence-electron chi connectivity index (χ1n) is 6.94. The molecule has 3 N–H and O–H groups in total. The minimum atomic E-state index is -3.96. The predicted octanol–water partition coefficient (Wildman–Crippen LogP) is 0.374. The van der Waals surface area contributed by atoms with Gasteiger partial charge in [-0.05, 0) is 30.9 Å². The summed E-state index contributed by atoms with van der Waals surface area (Å²) in [4.78, 5) is -0.484. The largest absolute Gasteiger partial charge is 0.329 e. The Balaban J connectivity index is 0.00000264. The molecule has 0 amide bonds. The zero-order valence-electron chi connectivity index (χ0n) is 13.0. The van der Waals surface area contributed by atoms with Crippen LogP contribution in [-0.2, 0) is 20.0 Å². The second kappa shape index (κ2) is 7.45. The van der Waals surface area contributed by atoms with Gasteiger partial charge in [-0.3, -0.25) is 0 Å². The molecular weight excluding hydrogens is 362 g/mol. The van der Waals surface area contributed by atoms with Gasteiger partial charge in [0.15, 0.2) is 0 Å². The number of nitrogens with two attached hydrogens (primary N) is 1. The van der Waals surface area contributed by atoms with Crippen molar-refractivity contribution in [1.29, 1.82) is 0 Å². The van der Waals surface area contributed by atoms with Crippen LogP contribution in [-0.4, -0.2) is 47.8 Å². The maximum atomic E-state index is 12.6. The first kappa shape index (κ1) is 20.3. The minimum absolute atomic E-state index is 0. The molecule has 0 spiro atoms. The molecule has 1 aromatic rings. The molecule has 0 saturated heterocycles. The molecule has 1 unspecified atom stereocenters. The third kappa shape index (κ3) is 4.43. The van der Waals surface area contributed by atoms with Crippen molar-refractivity contribution in [3.63, 3.8) is 0 Å². The summed E-state index contributed by atoms with van der Waals surface area (Å²) in [6.45, 7) is 0.187. The lowest BCUT2D eigenvalue weighted by Gasteiger charge is -2.19. The Hall–Kier alpha value is -0.710. The molecule has 23 heavy (non-hydrogen) atoms. The summed E-state index contributed by atoms with van der Waals surface area (Å²) in [5.74, 6) is 0.234. The highest BCUT2D eigenvalue weighted by Gasteiger charge is 2.35. The van der Waals surface area contributed by atoms with Crippen LogP contribution in [0.3, 0.4) is 0 Å². The van der Waals surface area contributed by atoms with Crippen LogP contribution in [0.1, 0.15) is 12.8 Å². The Labute approximate surface area is 143 Å². The lowest BCUT2D eigenvalue weighted by atomic mass is 10.2. The molecule has 1 fully saturated rings. The first-order chi connectivity index (χ1) is 10.2. The number of sulfonamides is 2. The first-order valence-corrected chi connectivity index (χ1v) is 9.86. The van der Waals surface area contributed by atoms with E-state index >= 15 is 0 Å². The van der Waals surface area contributed by atoms with Gasteiger partial charge in [0.05, 0.1) is 0 Å². The van der Waals surface area contributed by atoms with E-state index < -0.39 is 20.0 Å². The summed E-state index contributed by atoms with van der Waals surface area (Å²) in [5.41, 5.74) is 5.62. The molecule has 1 aliphatic rings. The molecule has 0 radical (unpaired) electrons. The van der Waals surface area contributed by atoms with Gasteiger partial charge in [0.1, 0.15) is 9.79 Å². The monoisotopic (exact) mass is 383 g/mol. The van der Waals surface area contributed by atoms with Crippen molar-refractivity contribution in [2.45, 2.75) is 28.7 Å². The van der Waals surface area contributed by atoms with Crippen LogP contribution < -0.4 is 10.5 Å². The predicted molar refractivity (Wildman–Crippen MR) is 90.5 cm³/mol. The molecule has 1 saturated carbocycles. The van der Waals surface area contributed by atoms with Gasteiger partial charge in [0.25, 0.3) is 0 Å². The molecule has 0 aromatic heterocycles. The van der Waals surface area contributed by atoms with Crippen LogP contribution in [0.15, 0.2) is 34.1 Å². The molecule has 0 bridgehead atoms. The van der Waals surface area contributed by atoms with Gasteiger partial charge in [-0.25, -0.2) is 25.9 Å². The van der Waals surface area contributed by atoms with Crippen molar-refractivity contribution in [2.24, 2.45) is 11.7 Å². The minimum Gasteiger partial charge on any atom is -0.329 e. The van der Waals surface area contributed by atoms with Gasteiger partial charge in [-0.2, -0.15) is 0 Å². The Morgan fingerprint density at radius 1 is 1.17 bits per heavy atom. The summed E-state index contributed by atoms with van der Waals surface area (Å²) in [7, 11) is -5.09. The van der Waals surface area contributed by atoms with Gasteiger partial charge < -0.3 is 5.73 Å². The molecule has 0 heterocycles. The number of rotatable bonds is 7. The Morgan fingerprint density at radius 3 is 2.13 bits per heavy atom. The van der Waals surface area contributed by atoms with E-state index in [2.05, 4.69) is 4.72 Å². The van der Waals surface area contributed by atoms with Crippen molar-refractivity contribution < 1.29 is 16.8 Å². The molecule has 1 atom stereocenters. The summed E-state index contributed by atoms with van der Waals surface area (Å²) < 4.78 is 53.3. The van der Waals surface area contributed by atoms with Gasteiger partial charge >= 0.3 is 0 Å². The van der Waals surface area contributed by atoms with Crippen LogP contribution in [0.25, 0.3) is 0 Å². The highest BCUT2D eigenvalue weighted by atomic mass is 35.5. The zero-order valence-corrected chi connectivity index (χ0v) is 15.4. The number of halogens is 1. The van der Waals surface area contributed by atoms with Crippen LogP contribution in [0, 0.1) is 5.92 Å². The number of nitrogens with zero attached hydrogens (tertiary/aromatic N) is 1. The third-order valence-electron chi connectivity index (χ3n) is 3.65. The molecule has 7 nitrogen and oxygen atoms in total. The van der Waals surface area contributed by atoms with Crippen molar-refractivity contribution in [2.75, 3.05) is 20.6 Å². The van der Waals surface area contributed by atoms with E-state index in [1.165, 1.54) is 38.4 Å². The number of nitrogens with one attached hydrogen (secondary N) is 1. The van der Waals surface area contributed by atoms with Crippen molar-refractivity contribution in [3.8, 4) is 0 Å². The maximum absolute atomic E-state index is 12.6. The van der Waals surface area contributed by atoms with Crippen LogP contribution in [0.5, 0.6) is 0 Å². The van der Waals surface area contributed by atoms with E-state index in [1.54, 1.807) is 0 Å². The quantitative estimate of drug-likeness (QED) is 0.707. The van der Waals surface area contributed by atoms with Crippen LogP contribution >= 0.6 is 12.4 Å². The Morgan fingerprint density at radius 2 is 1.70 bits per heavy atom. The number of hydrogen-bond acceptors (Lipinski definition) is 5. The molecule has 1 aromatic carbocycles. The van der Waals surface area contributed by atoms with E-state index in [9.17, 15) is 16.8 Å². The lowest BCUT2D eigenvalue weighted by Crippen LogP contribution is -2.42. The standard InChI is InChI=1S/C13H21N3O4S2.ClH/c1-16(2)22(19,20)13-6-4-3-5-12(13)21(17,18)15-11(9-14)10-7-8-10;/h3-6,10-11,15H,7-9,14H2,1-2H3;1H. The van der Waals surface area contributed by atoms with Crippen molar-refractivity contribution >= 4 is 32.5 Å². The van der Waals surface area contributed by atoms with Crippen molar-refractivity contribution in [1.82, 2.24) is 9.03 Å². The molecule has 1 aliphatic carbocycles. The smallest absolute Gasteiger partial charge is 0.243 e. The highest BCUT2D eigenvalue weighted by molar-refractivity contribution is 7.92. The fourth-order valence-corrected chi connectivity index (χ4v) is 5.20. The molecule has 0 aliphatic heterocycles. The van der Waals surface area contributed by atoms with E-state index in [1.807, 2.05) is 0 Å². The SMILES string of the molecule is CN(C)S(=O)(=O)c1ccccc1S(=O)(=O)NC(CN)C1CC1.Cl. The fraction of sp³-hybridized carbons (Fsp3) is 0.538. The van der Waals surface area contributed by atoms with Gasteiger partial charge in [0.2, 0.25) is 20.0 Å². The second-order valence-corrected chi connectivity index (χ2v) is 9.34. The summed E-state index contributed by atoms with van der Waals surface area (Å²) in [5, 5.41) is 0. The van der Waals surface area contributed by atoms with E-state index in [0.717, 1.165) is 17.1 Å². The molecule has 10 heteroatoms. The number of benzene rings is 1. The normalized spacial score (nSPS) is 16.9. The van der Waals surface area contributed by atoms with E-state index in [4.69, 9.17) is 5.73 Å². The fourth-order valence-electron chi connectivity index (χ4n) is 2.18. The number of hydrogen-bond donors (Lipinski definition) is 2. The Kier molecular flexibility index (Phi) is 6.59. The van der Waals surface area contributed by atoms with Crippen LogP contribution in [0.2, 0.25) is 0 Å². The zero-order chi connectivity index (χ0) is 16.5. The highest BCUT2D eigenvalue weighted by Crippen LogP contribution is 2.33. The average molecular weight is 384 g/mol. The molecular formula is C13H22ClN3O4S2. The lowest BCUT2D eigenvalue weighted by molar-refractivity contribution is 0.508. The summed E-state index contributed by atoms with van der Waals surface area (Å²) in [6.07, 6.45) is 1.87. The average Bonchev–Trinajstić information content (AvgIpc) is 3.29. The van der Waals surface area contributed by atoms with E-state index in [-0.39, 0.29) is 40.7 Å². The maximum Gasteiger partial charge on any atom is 0.243 e. The molecule has 132 valence electrons. The molecule has 2 rings (SSSR count). The topological polar surface area (TPSA) is 110 Å². The van der Waals surface area contributed by atoms with Crippen LogP contribution in [0.4, 0.5) is 0 Å². The van der Waals surface area contributed by atoms with Gasteiger partial charge in [-0.15, -0.1) is 12.4 Å². The van der Waals surface area contributed by atoms with E-state index in [0.29, 0.717) is 0 Å². The van der Waals surface area contributed by atoms with Gasteiger partial charge in [-0.1, -0.05) is 12.1 Å². The Bertz CT molecular complexity index is 746. The summed E-state index contributed by atoms with van der Waals surface area (Å²) in [6, 6.07) is 5.21. The third-order valence-corrected chi connectivity index (χ3v) is 7.20.